The van der Waals surface area contributed by atoms with E-state index < -0.39 is 5.41 Å². The fraction of sp³-hybridized carbons (Fsp3) is 0.296. The van der Waals surface area contributed by atoms with Gasteiger partial charge in [-0.25, -0.2) is 0 Å². The zero-order chi connectivity index (χ0) is 23.0. The van der Waals surface area contributed by atoms with E-state index in [2.05, 4.69) is 52.8 Å². The molecule has 0 fully saturated rings. The van der Waals surface area contributed by atoms with Gasteiger partial charge in [-0.05, 0) is 62.1 Å². The van der Waals surface area contributed by atoms with Crippen LogP contribution in [0.15, 0.2) is 66.0 Å². The number of hydrogen-bond donors (Lipinski definition) is 0. The molecule has 0 amide bonds. The molecule has 32 heavy (non-hydrogen) atoms. The topological polar surface area (TPSA) is 38.8 Å². The van der Waals surface area contributed by atoms with Crippen LogP contribution in [0, 0.1) is 5.41 Å². The third-order valence-corrected chi connectivity index (χ3v) is 5.76. The Morgan fingerprint density at radius 1 is 1.03 bits per heavy atom. The lowest BCUT2D eigenvalue weighted by atomic mass is 9.97. The summed E-state index contributed by atoms with van der Waals surface area (Å²) in [6.07, 6.45) is 4.19. The maximum atomic E-state index is 12.0. The van der Waals surface area contributed by atoms with E-state index in [9.17, 15) is 4.79 Å². The second-order valence-electron chi connectivity index (χ2n) is 8.65. The average Bonchev–Trinajstić information content (AvgIpc) is 3.30. The molecule has 0 radical (unpaired) electrons. The highest BCUT2D eigenvalue weighted by molar-refractivity contribution is 7.10. The van der Waals surface area contributed by atoms with Gasteiger partial charge in [-0.2, -0.15) is 0 Å². The maximum Gasteiger partial charge on any atom is 0.311 e. The summed E-state index contributed by atoms with van der Waals surface area (Å²) < 4.78 is 11.6. The van der Waals surface area contributed by atoms with Gasteiger partial charge in [0.2, 0.25) is 0 Å². The van der Waals surface area contributed by atoms with Crippen molar-refractivity contribution in [3.8, 4) is 5.75 Å². The van der Waals surface area contributed by atoms with Crippen LogP contribution in [-0.4, -0.2) is 26.2 Å². The normalized spacial score (nSPS) is 11.5. The van der Waals surface area contributed by atoms with Crippen LogP contribution >= 0.6 is 11.3 Å². The van der Waals surface area contributed by atoms with Gasteiger partial charge in [-0.3, -0.25) is 4.79 Å². The van der Waals surface area contributed by atoms with Gasteiger partial charge < -0.3 is 14.4 Å². The molecule has 3 rings (SSSR count). The quantitative estimate of drug-likeness (QED) is 0.349. The van der Waals surface area contributed by atoms with Gasteiger partial charge in [0.15, 0.2) is 0 Å². The lowest BCUT2D eigenvalue weighted by molar-refractivity contribution is -0.152. The molecule has 1 heterocycles. The van der Waals surface area contributed by atoms with Gasteiger partial charge in [0.05, 0.1) is 12.0 Å². The monoisotopic (exact) mass is 449 g/mol. The second-order valence-corrected chi connectivity index (χ2v) is 9.63. The largest absolute Gasteiger partial charge is 0.488 e. The van der Waals surface area contributed by atoms with Crippen LogP contribution in [0.2, 0.25) is 0 Å². The molecule has 0 aliphatic heterocycles. The number of anilines is 1. The third-order valence-electron chi connectivity index (χ3n) is 4.92. The van der Waals surface area contributed by atoms with Gasteiger partial charge in [0.25, 0.3) is 0 Å². The predicted molar refractivity (Wildman–Crippen MR) is 134 cm³/mol. The number of thiophene rings is 1. The number of nitrogens with zero attached hydrogens (tertiary/aromatic N) is 1. The zero-order valence-electron chi connectivity index (χ0n) is 19.2. The number of likely N-dealkylation sites (N-methyl/N-ethyl adjacent to an activating group) is 1. The van der Waals surface area contributed by atoms with Crippen molar-refractivity contribution in [1.29, 1.82) is 0 Å². The van der Waals surface area contributed by atoms with Crippen molar-refractivity contribution < 1.29 is 14.3 Å². The summed E-state index contributed by atoms with van der Waals surface area (Å²) in [6.45, 7) is 7.02. The number of hydrogen-bond acceptors (Lipinski definition) is 5. The molecule has 0 saturated carbocycles. The Morgan fingerprint density at radius 3 is 2.50 bits per heavy atom. The smallest absolute Gasteiger partial charge is 0.311 e. The highest BCUT2D eigenvalue weighted by Crippen LogP contribution is 2.28. The van der Waals surface area contributed by atoms with E-state index in [1.54, 1.807) is 11.3 Å². The predicted octanol–water partition coefficient (Wildman–Crippen LogP) is 6.52. The molecule has 3 aromatic rings. The van der Waals surface area contributed by atoms with Crippen molar-refractivity contribution in [3.63, 3.8) is 0 Å². The van der Waals surface area contributed by atoms with Gasteiger partial charge in [0, 0.05) is 29.2 Å². The SMILES string of the molecule is CN(CCOC(=O)C(C)(C)C)c1ccc(/C=C/c2cccs2)c(OCc2ccccc2)c1. The summed E-state index contributed by atoms with van der Waals surface area (Å²) in [7, 11) is 1.99. The summed E-state index contributed by atoms with van der Waals surface area (Å²) in [5.74, 6) is 0.629. The van der Waals surface area contributed by atoms with Crippen LogP contribution in [0.1, 0.15) is 36.8 Å². The third kappa shape index (κ3) is 6.99. The molecule has 0 spiro atoms. The van der Waals surface area contributed by atoms with Gasteiger partial charge >= 0.3 is 5.97 Å². The molecule has 5 heteroatoms. The summed E-state index contributed by atoms with van der Waals surface area (Å²) in [5, 5.41) is 2.07. The van der Waals surface area contributed by atoms with Crippen LogP contribution in [-0.2, 0) is 16.1 Å². The number of ether oxygens (including phenoxy) is 2. The van der Waals surface area contributed by atoms with Crippen molar-refractivity contribution in [3.05, 3.63) is 82.0 Å². The van der Waals surface area contributed by atoms with E-state index in [1.165, 1.54) is 4.88 Å². The van der Waals surface area contributed by atoms with Crippen LogP contribution in [0.3, 0.4) is 0 Å². The Kier molecular flexibility index (Phi) is 8.12. The first-order valence-corrected chi connectivity index (χ1v) is 11.6. The van der Waals surface area contributed by atoms with Crippen LogP contribution in [0.4, 0.5) is 5.69 Å². The minimum atomic E-state index is -0.492. The molecule has 0 unspecified atom stereocenters. The Hall–Kier alpha value is -3.05. The molecule has 4 nitrogen and oxygen atoms in total. The molecule has 0 aliphatic rings. The summed E-state index contributed by atoms with van der Waals surface area (Å²) in [4.78, 5) is 15.3. The van der Waals surface area contributed by atoms with E-state index in [-0.39, 0.29) is 5.97 Å². The van der Waals surface area contributed by atoms with Crippen LogP contribution in [0.5, 0.6) is 5.75 Å². The molecular weight excluding hydrogens is 418 g/mol. The number of carbonyl (C=O) groups excluding carboxylic acids is 1. The first kappa shape index (κ1) is 23.6. The minimum absolute atomic E-state index is 0.188. The number of rotatable bonds is 9. The van der Waals surface area contributed by atoms with Gasteiger partial charge in [0.1, 0.15) is 19.0 Å². The van der Waals surface area contributed by atoms with E-state index in [0.717, 1.165) is 22.6 Å². The lowest BCUT2D eigenvalue weighted by Gasteiger charge is -2.22. The van der Waals surface area contributed by atoms with Crippen molar-refractivity contribution in [2.24, 2.45) is 5.41 Å². The molecule has 1 aromatic heterocycles. The van der Waals surface area contributed by atoms with Crippen LogP contribution in [0.25, 0.3) is 12.2 Å². The average molecular weight is 450 g/mol. The Balaban J connectivity index is 1.73. The minimum Gasteiger partial charge on any atom is -0.488 e. The van der Waals surface area contributed by atoms with Crippen molar-refractivity contribution in [2.45, 2.75) is 27.4 Å². The lowest BCUT2D eigenvalue weighted by Crippen LogP contribution is -2.28. The van der Waals surface area contributed by atoms with Gasteiger partial charge in [-0.1, -0.05) is 36.4 Å². The molecule has 0 atom stereocenters. The summed E-state index contributed by atoms with van der Waals surface area (Å²) >= 11 is 1.70. The number of benzene rings is 2. The van der Waals surface area contributed by atoms with Crippen molar-refractivity contribution in [1.82, 2.24) is 0 Å². The summed E-state index contributed by atoms with van der Waals surface area (Å²) in [6, 6.07) is 20.4. The first-order chi connectivity index (χ1) is 15.3. The van der Waals surface area contributed by atoms with Gasteiger partial charge in [-0.15, -0.1) is 11.3 Å². The second kappa shape index (κ2) is 11.0. The van der Waals surface area contributed by atoms with E-state index in [0.29, 0.717) is 19.8 Å². The molecule has 2 aromatic carbocycles. The Bertz CT molecular complexity index is 1020. The van der Waals surface area contributed by atoms with E-state index >= 15 is 0 Å². The maximum absolute atomic E-state index is 12.0. The molecule has 0 saturated heterocycles. The molecule has 0 bridgehead atoms. The fourth-order valence-electron chi connectivity index (χ4n) is 2.94. The fourth-order valence-corrected chi connectivity index (χ4v) is 3.56. The first-order valence-electron chi connectivity index (χ1n) is 10.7. The molecule has 0 N–H and O–H groups in total. The highest BCUT2D eigenvalue weighted by Gasteiger charge is 2.22. The van der Waals surface area contributed by atoms with Crippen LogP contribution < -0.4 is 9.64 Å². The zero-order valence-corrected chi connectivity index (χ0v) is 20.0. The van der Waals surface area contributed by atoms with E-state index in [1.807, 2.05) is 58.2 Å². The molecular formula is C27H31NO3S. The Morgan fingerprint density at radius 2 is 1.81 bits per heavy atom. The standard InChI is InChI=1S/C27H31NO3S/c1-27(2,3)26(29)30-17-16-28(4)23-14-12-22(13-15-24-11-8-18-32-24)25(19-23)31-20-21-9-6-5-7-10-21/h5-15,18-19H,16-17,20H2,1-4H3/b15-13+. The number of esters is 1. The molecule has 0 aliphatic carbocycles. The highest BCUT2D eigenvalue weighted by atomic mass is 32.1. The molecule has 168 valence electrons. The summed E-state index contributed by atoms with van der Waals surface area (Å²) in [5.41, 5.74) is 2.65. The van der Waals surface area contributed by atoms with E-state index in [4.69, 9.17) is 9.47 Å². The Labute approximate surface area is 195 Å². The van der Waals surface area contributed by atoms with Crippen molar-refractivity contribution >= 4 is 35.1 Å². The van der Waals surface area contributed by atoms with Crippen molar-refractivity contribution in [2.75, 3.05) is 25.1 Å². The number of carbonyl (C=O) groups is 1.